The number of thiazole rings is 1. The molecular weight excluding hydrogens is 424 g/mol. The van der Waals surface area contributed by atoms with Gasteiger partial charge in [-0.25, -0.2) is 23.7 Å². The highest BCUT2D eigenvalue weighted by molar-refractivity contribution is 7.15. The van der Waals surface area contributed by atoms with E-state index in [1.807, 2.05) is 25.1 Å². The number of benzene rings is 1. The van der Waals surface area contributed by atoms with Crippen LogP contribution >= 0.6 is 11.3 Å². The molecule has 2 aromatic heterocycles. The number of hydrogen-bond acceptors (Lipinski definition) is 7. The molecule has 31 heavy (non-hydrogen) atoms. The number of amides is 1. The second-order valence-corrected chi connectivity index (χ2v) is 8.51. The van der Waals surface area contributed by atoms with Crippen LogP contribution in [0.25, 0.3) is 10.4 Å². The third kappa shape index (κ3) is 4.86. The minimum Gasteiger partial charge on any atom is -0.383 e. The van der Waals surface area contributed by atoms with Crippen LogP contribution in [0.2, 0.25) is 0 Å². The summed E-state index contributed by atoms with van der Waals surface area (Å²) in [5.74, 6) is 0.0181. The molecule has 1 aliphatic heterocycles. The molecule has 1 atom stereocenters. The fraction of sp³-hybridized carbons (Fsp3) is 0.333. The average Bonchev–Trinajstić information content (AvgIpc) is 3.17. The summed E-state index contributed by atoms with van der Waals surface area (Å²) >= 11 is 1.37. The van der Waals surface area contributed by atoms with Crippen LogP contribution in [0, 0.1) is 6.92 Å². The molecular formula is C21H21F2N5O2S. The van der Waals surface area contributed by atoms with Gasteiger partial charge in [0.25, 0.3) is 6.43 Å². The first kappa shape index (κ1) is 21.3. The molecule has 3 N–H and O–H groups in total. The molecule has 1 aliphatic rings. The smallest absolute Gasteiger partial charge is 0.280 e. The zero-order valence-corrected chi connectivity index (χ0v) is 17.5. The Bertz CT molecular complexity index is 1110. The van der Waals surface area contributed by atoms with Gasteiger partial charge in [-0.15, -0.1) is 11.3 Å². The molecule has 0 spiro atoms. The molecule has 1 fully saturated rings. The lowest BCUT2D eigenvalue weighted by Gasteiger charge is -2.22. The molecule has 162 valence electrons. The quantitative estimate of drug-likeness (QED) is 0.547. The SMILES string of the molecule is Cc1cc(Nc2nccc(C(F)F)n2)cc(-c2cnc(C3(O)CCNC(=O)CC3)s2)c1. The van der Waals surface area contributed by atoms with Gasteiger partial charge in [-0.1, -0.05) is 6.07 Å². The van der Waals surface area contributed by atoms with Crippen LogP contribution in [0.4, 0.5) is 20.4 Å². The number of nitrogens with one attached hydrogen (secondary N) is 2. The number of carbonyl (C=O) groups excluding carboxylic acids is 1. The summed E-state index contributed by atoms with van der Waals surface area (Å²) in [4.78, 5) is 24.7. The topological polar surface area (TPSA) is 100 Å². The Labute approximate surface area is 181 Å². The highest BCUT2D eigenvalue weighted by Gasteiger charge is 2.35. The number of alkyl halides is 2. The summed E-state index contributed by atoms with van der Waals surface area (Å²) in [6, 6.07) is 6.86. The normalized spacial score (nSPS) is 19.2. The van der Waals surface area contributed by atoms with Gasteiger partial charge in [-0.2, -0.15) is 0 Å². The van der Waals surface area contributed by atoms with Crippen molar-refractivity contribution in [3.05, 3.63) is 52.9 Å². The van der Waals surface area contributed by atoms with Gasteiger partial charge in [-0.3, -0.25) is 4.79 Å². The summed E-state index contributed by atoms with van der Waals surface area (Å²) in [5, 5.41) is 17.4. The van der Waals surface area contributed by atoms with Crippen LogP contribution in [0.3, 0.4) is 0 Å². The molecule has 1 aromatic carbocycles. The van der Waals surface area contributed by atoms with Crippen molar-refractivity contribution in [1.82, 2.24) is 20.3 Å². The van der Waals surface area contributed by atoms with E-state index < -0.39 is 12.0 Å². The van der Waals surface area contributed by atoms with Crippen molar-refractivity contribution in [2.75, 3.05) is 11.9 Å². The third-order valence-corrected chi connectivity index (χ3v) is 6.29. The predicted molar refractivity (Wildman–Crippen MR) is 113 cm³/mol. The highest BCUT2D eigenvalue weighted by atomic mass is 32.1. The third-order valence-electron chi connectivity index (χ3n) is 5.05. The Balaban J connectivity index is 1.59. The molecule has 0 bridgehead atoms. The first-order valence-corrected chi connectivity index (χ1v) is 10.6. The summed E-state index contributed by atoms with van der Waals surface area (Å²) in [5.41, 5.74) is 0.975. The maximum Gasteiger partial charge on any atom is 0.280 e. The molecule has 1 unspecified atom stereocenters. The molecule has 3 aromatic rings. The maximum absolute atomic E-state index is 12.9. The van der Waals surface area contributed by atoms with Crippen molar-refractivity contribution >= 4 is 28.9 Å². The summed E-state index contributed by atoms with van der Waals surface area (Å²) < 4.78 is 25.8. The molecule has 0 saturated carbocycles. The number of rotatable bonds is 5. The standard InChI is InChI=1S/C21H21F2N5O2S/c1-12-8-13(10-14(9-12)27-20-25-6-3-15(28-20)18(22)23)16-11-26-19(31-16)21(30)4-2-17(29)24-7-5-21/h3,6,8-11,18,30H,2,4-5,7H2,1H3,(H,24,29)(H,25,27,28). The molecule has 0 aliphatic carbocycles. The van der Waals surface area contributed by atoms with Crippen LogP contribution in [-0.2, 0) is 10.4 Å². The molecule has 7 nitrogen and oxygen atoms in total. The van der Waals surface area contributed by atoms with E-state index in [0.717, 1.165) is 16.0 Å². The number of anilines is 2. The van der Waals surface area contributed by atoms with Gasteiger partial charge in [0.05, 0.1) is 4.88 Å². The molecule has 1 saturated heterocycles. The molecule has 10 heteroatoms. The average molecular weight is 445 g/mol. The highest BCUT2D eigenvalue weighted by Crippen LogP contribution is 2.38. The largest absolute Gasteiger partial charge is 0.383 e. The second-order valence-electron chi connectivity index (χ2n) is 7.48. The van der Waals surface area contributed by atoms with Crippen LogP contribution < -0.4 is 10.6 Å². The molecule has 0 radical (unpaired) electrons. The van der Waals surface area contributed by atoms with E-state index in [4.69, 9.17) is 0 Å². The number of nitrogens with zero attached hydrogens (tertiary/aromatic N) is 3. The predicted octanol–water partition coefficient (Wildman–Crippen LogP) is 4.08. The number of aryl methyl sites for hydroxylation is 1. The van der Waals surface area contributed by atoms with Crippen LogP contribution in [-0.4, -0.2) is 32.5 Å². The lowest BCUT2D eigenvalue weighted by Crippen LogP contribution is -2.27. The van der Waals surface area contributed by atoms with Gasteiger partial charge in [0, 0.05) is 37.5 Å². The summed E-state index contributed by atoms with van der Waals surface area (Å²) in [6.07, 6.45) is 1.30. The van der Waals surface area contributed by atoms with E-state index in [1.54, 1.807) is 6.20 Å². The van der Waals surface area contributed by atoms with E-state index in [1.165, 1.54) is 23.6 Å². The zero-order valence-electron chi connectivity index (χ0n) is 16.7. The summed E-state index contributed by atoms with van der Waals surface area (Å²) in [7, 11) is 0. The van der Waals surface area contributed by atoms with E-state index in [0.29, 0.717) is 30.1 Å². The van der Waals surface area contributed by atoms with Crippen molar-refractivity contribution in [2.24, 2.45) is 0 Å². The fourth-order valence-corrected chi connectivity index (χ4v) is 4.51. The van der Waals surface area contributed by atoms with Gasteiger partial charge in [-0.05, 0) is 42.7 Å². The monoisotopic (exact) mass is 445 g/mol. The van der Waals surface area contributed by atoms with Gasteiger partial charge in [0.15, 0.2) is 0 Å². The fourth-order valence-electron chi connectivity index (χ4n) is 3.46. The first-order valence-electron chi connectivity index (χ1n) is 9.78. The maximum atomic E-state index is 12.9. The summed E-state index contributed by atoms with van der Waals surface area (Å²) in [6.45, 7) is 2.32. The van der Waals surface area contributed by atoms with Crippen molar-refractivity contribution in [3.8, 4) is 10.4 Å². The first-order chi connectivity index (χ1) is 14.8. The number of hydrogen-bond donors (Lipinski definition) is 3. The van der Waals surface area contributed by atoms with Gasteiger partial charge < -0.3 is 15.7 Å². The lowest BCUT2D eigenvalue weighted by atomic mass is 9.96. The van der Waals surface area contributed by atoms with Gasteiger partial charge in [0.2, 0.25) is 11.9 Å². The van der Waals surface area contributed by atoms with E-state index in [9.17, 15) is 18.7 Å². The number of aromatic nitrogens is 3. The number of aliphatic hydroxyl groups is 1. The minimum absolute atomic E-state index is 0.0692. The number of halogens is 2. The van der Waals surface area contributed by atoms with E-state index in [-0.39, 0.29) is 24.0 Å². The zero-order chi connectivity index (χ0) is 22.0. The van der Waals surface area contributed by atoms with Gasteiger partial charge >= 0.3 is 0 Å². The Hall–Kier alpha value is -2.98. The Morgan fingerprint density at radius 3 is 2.90 bits per heavy atom. The van der Waals surface area contributed by atoms with Crippen molar-refractivity contribution in [1.29, 1.82) is 0 Å². The van der Waals surface area contributed by atoms with Crippen molar-refractivity contribution < 1.29 is 18.7 Å². The minimum atomic E-state index is -2.67. The second kappa shape index (κ2) is 8.64. The van der Waals surface area contributed by atoms with Gasteiger partial charge in [0.1, 0.15) is 16.3 Å². The molecule has 3 heterocycles. The number of carbonyl (C=O) groups is 1. The molecule has 1 amide bonds. The Kier molecular flexibility index (Phi) is 5.92. The molecule has 4 rings (SSSR count). The van der Waals surface area contributed by atoms with E-state index in [2.05, 4.69) is 25.6 Å². The van der Waals surface area contributed by atoms with E-state index >= 15 is 0 Å². The van der Waals surface area contributed by atoms with Crippen LogP contribution in [0.1, 0.15) is 42.0 Å². The van der Waals surface area contributed by atoms with Crippen molar-refractivity contribution in [3.63, 3.8) is 0 Å². The van der Waals surface area contributed by atoms with Crippen LogP contribution in [0.15, 0.2) is 36.7 Å². The van der Waals surface area contributed by atoms with Crippen LogP contribution in [0.5, 0.6) is 0 Å². The Morgan fingerprint density at radius 1 is 1.26 bits per heavy atom. The van der Waals surface area contributed by atoms with Crippen molar-refractivity contribution in [2.45, 2.75) is 38.2 Å². The lowest BCUT2D eigenvalue weighted by molar-refractivity contribution is -0.121. The Morgan fingerprint density at radius 2 is 2.10 bits per heavy atom.